The summed E-state index contributed by atoms with van der Waals surface area (Å²) in [4.78, 5) is 2.50. The number of fused-ring (bicyclic) bond motifs is 1. The fourth-order valence-corrected chi connectivity index (χ4v) is 2.97. The van der Waals surface area contributed by atoms with Crippen molar-refractivity contribution in [1.82, 2.24) is 10.2 Å². The Bertz CT molecular complexity index is 576. The molecule has 2 aromatic carbocycles. The SMILES string of the molecule is Oc1ccc2ccccc2c1CNCCN1CCCC1. The molecule has 1 aliphatic rings. The van der Waals surface area contributed by atoms with Crippen LogP contribution in [0.15, 0.2) is 36.4 Å². The first-order valence-corrected chi connectivity index (χ1v) is 7.47. The van der Waals surface area contributed by atoms with E-state index in [0.29, 0.717) is 5.75 Å². The first kappa shape index (κ1) is 13.4. The van der Waals surface area contributed by atoms with Gasteiger partial charge in [-0.15, -0.1) is 0 Å². The molecular formula is C17H22N2O. The minimum atomic E-state index is 0.386. The molecule has 3 nitrogen and oxygen atoms in total. The highest BCUT2D eigenvalue weighted by atomic mass is 16.3. The number of hydrogen-bond acceptors (Lipinski definition) is 3. The third kappa shape index (κ3) is 2.94. The third-order valence-electron chi connectivity index (χ3n) is 4.12. The molecule has 2 N–H and O–H groups in total. The maximum absolute atomic E-state index is 10.1. The van der Waals surface area contributed by atoms with Gasteiger partial charge in [0.25, 0.3) is 0 Å². The average Bonchev–Trinajstić information content (AvgIpc) is 2.98. The summed E-state index contributed by atoms with van der Waals surface area (Å²) < 4.78 is 0. The van der Waals surface area contributed by atoms with Gasteiger partial charge in [-0.05, 0) is 42.8 Å². The molecule has 0 aromatic heterocycles. The molecule has 20 heavy (non-hydrogen) atoms. The summed E-state index contributed by atoms with van der Waals surface area (Å²) in [5, 5.41) is 15.9. The normalized spacial score (nSPS) is 16.0. The van der Waals surface area contributed by atoms with Gasteiger partial charge >= 0.3 is 0 Å². The van der Waals surface area contributed by atoms with Gasteiger partial charge in [0, 0.05) is 25.2 Å². The summed E-state index contributed by atoms with van der Waals surface area (Å²) in [5.41, 5.74) is 1.00. The minimum absolute atomic E-state index is 0.386. The van der Waals surface area contributed by atoms with E-state index in [-0.39, 0.29) is 0 Å². The summed E-state index contributed by atoms with van der Waals surface area (Å²) in [5.74, 6) is 0.386. The third-order valence-corrected chi connectivity index (χ3v) is 4.12. The first-order valence-electron chi connectivity index (χ1n) is 7.47. The largest absolute Gasteiger partial charge is 0.508 e. The zero-order valence-electron chi connectivity index (χ0n) is 11.8. The van der Waals surface area contributed by atoms with Crippen molar-refractivity contribution in [3.8, 4) is 5.75 Å². The van der Waals surface area contributed by atoms with Crippen molar-refractivity contribution < 1.29 is 5.11 Å². The van der Waals surface area contributed by atoms with Crippen LogP contribution >= 0.6 is 0 Å². The second-order valence-electron chi connectivity index (χ2n) is 5.51. The lowest BCUT2D eigenvalue weighted by Crippen LogP contribution is -2.29. The molecule has 2 aromatic rings. The lowest BCUT2D eigenvalue weighted by atomic mass is 10.0. The van der Waals surface area contributed by atoms with Crippen LogP contribution in [0.4, 0.5) is 0 Å². The number of rotatable bonds is 5. The molecule has 0 radical (unpaired) electrons. The Balaban J connectivity index is 1.63. The number of phenolic OH excluding ortho intramolecular Hbond substituents is 1. The molecule has 106 valence electrons. The van der Waals surface area contributed by atoms with Gasteiger partial charge in [0.2, 0.25) is 0 Å². The van der Waals surface area contributed by atoms with Gasteiger partial charge in [-0.2, -0.15) is 0 Å². The highest BCUT2D eigenvalue weighted by molar-refractivity contribution is 5.87. The van der Waals surface area contributed by atoms with Gasteiger partial charge in [0.15, 0.2) is 0 Å². The van der Waals surface area contributed by atoms with Crippen LogP contribution in [0.5, 0.6) is 5.75 Å². The van der Waals surface area contributed by atoms with Crippen molar-refractivity contribution in [2.45, 2.75) is 19.4 Å². The zero-order chi connectivity index (χ0) is 13.8. The quantitative estimate of drug-likeness (QED) is 0.820. The number of nitrogens with zero attached hydrogens (tertiary/aromatic N) is 1. The van der Waals surface area contributed by atoms with E-state index in [1.165, 1.54) is 31.3 Å². The molecule has 1 fully saturated rings. The molecule has 0 amide bonds. The Morgan fingerprint density at radius 2 is 1.85 bits per heavy atom. The number of hydrogen-bond donors (Lipinski definition) is 2. The predicted octanol–water partition coefficient (Wildman–Crippen LogP) is 2.73. The van der Waals surface area contributed by atoms with Crippen molar-refractivity contribution in [2.75, 3.05) is 26.2 Å². The van der Waals surface area contributed by atoms with Gasteiger partial charge < -0.3 is 15.3 Å². The highest BCUT2D eigenvalue weighted by Crippen LogP contribution is 2.26. The Morgan fingerprint density at radius 1 is 1.05 bits per heavy atom. The van der Waals surface area contributed by atoms with Gasteiger partial charge in [-0.25, -0.2) is 0 Å². The second-order valence-corrected chi connectivity index (χ2v) is 5.51. The van der Waals surface area contributed by atoms with Gasteiger partial charge in [-0.1, -0.05) is 30.3 Å². The topological polar surface area (TPSA) is 35.5 Å². The van der Waals surface area contributed by atoms with E-state index < -0.39 is 0 Å². The van der Waals surface area contributed by atoms with Crippen LogP contribution in [0.1, 0.15) is 18.4 Å². The van der Waals surface area contributed by atoms with Crippen LogP contribution in [0.3, 0.4) is 0 Å². The lowest BCUT2D eigenvalue weighted by Gasteiger charge is -2.15. The van der Waals surface area contributed by atoms with Crippen LogP contribution in [-0.2, 0) is 6.54 Å². The van der Waals surface area contributed by atoms with Crippen LogP contribution < -0.4 is 5.32 Å². The Morgan fingerprint density at radius 3 is 2.70 bits per heavy atom. The van der Waals surface area contributed by atoms with Crippen molar-refractivity contribution >= 4 is 10.8 Å². The molecule has 1 saturated heterocycles. The fourth-order valence-electron chi connectivity index (χ4n) is 2.97. The summed E-state index contributed by atoms with van der Waals surface area (Å²) in [7, 11) is 0. The second kappa shape index (κ2) is 6.25. The van der Waals surface area contributed by atoms with Crippen molar-refractivity contribution in [3.63, 3.8) is 0 Å². The molecule has 1 heterocycles. The van der Waals surface area contributed by atoms with Crippen LogP contribution in [0.2, 0.25) is 0 Å². The molecule has 0 spiro atoms. The molecule has 0 saturated carbocycles. The van der Waals surface area contributed by atoms with Gasteiger partial charge in [0.05, 0.1) is 0 Å². The fraction of sp³-hybridized carbons (Fsp3) is 0.412. The molecule has 1 aliphatic heterocycles. The van der Waals surface area contributed by atoms with E-state index in [1.807, 2.05) is 18.2 Å². The van der Waals surface area contributed by atoms with Crippen LogP contribution in [0.25, 0.3) is 10.8 Å². The smallest absolute Gasteiger partial charge is 0.120 e. The molecule has 0 aliphatic carbocycles. The van der Waals surface area contributed by atoms with Crippen LogP contribution in [-0.4, -0.2) is 36.2 Å². The number of aromatic hydroxyl groups is 1. The maximum Gasteiger partial charge on any atom is 0.120 e. The summed E-state index contributed by atoms with van der Waals surface area (Å²) in [6, 6.07) is 12.0. The number of benzene rings is 2. The first-order chi connectivity index (χ1) is 9.84. The van der Waals surface area contributed by atoms with E-state index in [2.05, 4.69) is 22.3 Å². The van der Waals surface area contributed by atoms with Crippen molar-refractivity contribution in [1.29, 1.82) is 0 Å². The number of nitrogens with one attached hydrogen (secondary N) is 1. The van der Waals surface area contributed by atoms with Crippen molar-refractivity contribution in [2.24, 2.45) is 0 Å². The molecule has 0 bridgehead atoms. The van der Waals surface area contributed by atoms with E-state index >= 15 is 0 Å². The van der Waals surface area contributed by atoms with Gasteiger partial charge in [-0.3, -0.25) is 0 Å². The number of likely N-dealkylation sites (tertiary alicyclic amines) is 1. The average molecular weight is 270 g/mol. The molecule has 3 rings (SSSR count). The van der Waals surface area contributed by atoms with E-state index in [4.69, 9.17) is 0 Å². The van der Waals surface area contributed by atoms with E-state index in [0.717, 1.165) is 30.6 Å². The predicted molar refractivity (Wildman–Crippen MR) is 83.0 cm³/mol. The van der Waals surface area contributed by atoms with Crippen molar-refractivity contribution in [3.05, 3.63) is 42.0 Å². The Labute approximate surface area is 120 Å². The summed E-state index contributed by atoms with van der Waals surface area (Å²) in [6.45, 7) is 5.28. The highest BCUT2D eigenvalue weighted by Gasteiger charge is 2.11. The van der Waals surface area contributed by atoms with Crippen LogP contribution in [0, 0.1) is 0 Å². The zero-order valence-corrected chi connectivity index (χ0v) is 11.8. The van der Waals surface area contributed by atoms with E-state index in [9.17, 15) is 5.11 Å². The van der Waals surface area contributed by atoms with E-state index in [1.54, 1.807) is 6.07 Å². The number of phenols is 1. The molecular weight excluding hydrogens is 248 g/mol. The molecule has 0 unspecified atom stereocenters. The Kier molecular flexibility index (Phi) is 4.19. The lowest BCUT2D eigenvalue weighted by molar-refractivity contribution is 0.335. The standard InChI is InChI=1S/C17H22N2O/c20-17-8-7-14-5-1-2-6-15(14)16(17)13-18-9-12-19-10-3-4-11-19/h1-2,5-8,18,20H,3-4,9-13H2. The molecule has 3 heteroatoms. The summed E-state index contributed by atoms with van der Waals surface area (Å²) >= 11 is 0. The Hall–Kier alpha value is -1.58. The van der Waals surface area contributed by atoms with Gasteiger partial charge in [0.1, 0.15) is 5.75 Å². The molecule has 0 atom stereocenters. The maximum atomic E-state index is 10.1. The minimum Gasteiger partial charge on any atom is -0.508 e. The monoisotopic (exact) mass is 270 g/mol. The summed E-state index contributed by atoms with van der Waals surface area (Å²) in [6.07, 6.45) is 2.67.